The second-order valence-electron chi connectivity index (χ2n) is 9.13. The average molecular weight is 545 g/mol. The molecule has 1 saturated heterocycles. The summed E-state index contributed by atoms with van der Waals surface area (Å²) >= 11 is 6.05. The van der Waals surface area contributed by atoms with Crippen LogP contribution in [0.4, 0.5) is 5.69 Å². The Morgan fingerprint density at radius 3 is 2.65 bits per heavy atom. The van der Waals surface area contributed by atoms with Crippen molar-refractivity contribution in [2.24, 2.45) is 5.92 Å². The molecule has 4 rings (SSSR count). The molecule has 0 atom stereocenters. The van der Waals surface area contributed by atoms with Crippen LogP contribution in [-0.4, -0.2) is 56.4 Å². The van der Waals surface area contributed by atoms with E-state index in [-0.39, 0.29) is 16.7 Å². The molecule has 1 aliphatic heterocycles. The summed E-state index contributed by atoms with van der Waals surface area (Å²) in [6, 6.07) is 12.5. The highest BCUT2D eigenvalue weighted by Crippen LogP contribution is 2.28. The Kier molecular flexibility index (Phi) is 8.89. The number of nitrogens with one attached hydrogen (secondary N) is 2. The third-order valence-electron chi connectivity index (χ3n) is 6.58. The number of rotatable bonds is 10. The van der Waals surface area contributed by atoms with Gasteiger partial charge in [0, 0.05) is 54.4 Å². The lowest BCUT2D eigenvalue weighted by Crippen LogP contribution is -2.43. The predicted molar refractivity (Wildman–Crippen MR) is 147 cm³/mol. The first-order chi connectivity index (χ1) is 17.8. The second-order valence-corrected chi connectivity index (χ2v) is 11.5. The van der Waals surface area contributed by atoms with Crippen LogP contribution in [0.25, 0.3) is 10.9 Å². The van der Waals surface area contributed by atoms with Gasteiger partial charge in [0.2, 0.25) is 15.9 Å². The molecule has 2 heterocycles. The Morgan fingerprint density at radius 2 is 1.92 bits per heavy atom. The third kappa shape index (κ3) is 6.52. The molecule has 0 aliphatic carbocycles. The molecule has 37 heavy (non-hydrogen) atoms. The molecule has 0 radical (unpaired) electrons. The van der Waals surface area contributed by atoms with Gasteiger partial charge in [-0.2, -0.15) is 4.31 Å². The van der Waals surface area contributed by atoms with Gasteiger partial charge < -0.3 is 15.4 Å². The average Bonchev–Trinajstić information content (AvgIpc) is 2.89. The molecule has 0 saturated carbocycles. The Morgan fingerprint density at radius 1 is 1.14 bits per heavy atom. The highest BCUT2D eigenvalue weighted by Gasteiger charge is 2.32. The predicted octanol–water partition coefficient (Wildman–Crippen LogP) is 4.61. The molecular weight excluding hydrogens is 512 g/mol. The Bertz CT molecular complexity index is 1360. The molecule has 0 bridgehead atoms. The fourth-order valence-electron chi connectivity index (χ4n) is 4.55. The lowest BCUT2D eigenvalue weighted by molar-refractivity contribution is -0.126. The van der Waals surface area contributed by atoms with E-state index >= 15 is 0 Å². The quantitative estimate of drug-likeness (QED) is 0.361. The van der Waals surface area contributed by atoms with Crippen LogP contribution >= 0.6 is 11.6 Å². The monoisotopic (exact) mass is 544 g/mol. The number of aryl methyl sites for hydroxylation is 1. The zero-order valence-electron chi connectivity index (χ0n) is 21.2. The molecule has 8 nitrogen and oxygen atoms in total. The van der Waals surface area contributed by atoms with E-state index in [9.17, 15) is 13.2 Å². The normalized spacial score (nSPS) is 15.0. The van der Waals surface area contributed by atoms with Crippen LogP contribution in [0, 0.1) is 12.8 Å². The number of hydrogen-bond acceptors (Lipinski definition) is 6. The number of amides is 1. The van der Waals surface area contributed by atoms with Gasteiger partial charge in [-0.25, -0.2) is 8.42 Å². The van der Waals surface area contributed by atoms with Crippen molar-refractivity contribution >= 4 is 44.1 Å². The highest BCUT2D eigenvalue weighted by atomic mass is 35.5. The maximum Gasteiger partial charge on any atom is 0.243 e. The number of pyridine rings is 1. The van der Waals surface area contributed by atoms with Crippen LogP contribution in [0.15, 0.2) is 53.6 Å². The summed E-state index contributed by atoms with van der Waals surface area (Å²) in [6.45, 7) is 6.15. The number of piperidine rings is 1. The summed E-state index contributed by atoms with van der Waals surface area (Å²) in [5.41, 5.74) is 2.59. The molecule has 1 aliphatic rings. The van der Waals surface area contributed by atoms with Crippen molar-refractivity contribution in [3.8, 4) is 5.75 Å². The summed E-state index contributed by atoms with van der Waals surface area (Å²) in [5, 5.41) is 8.05. The number of benzene rings is 2. The number of ether oxygens (including phenoxy) is 1. The number of fused-ring (bicyclic) bond motifs is 1. The molecule has 1 aromatic heterocycles. The topological polar surface area (TPSA) is 101 Å². The van der Waals surface area contributed by atoms with Crippen molar-refractivity contribution in [3.05, 3.63) is 59.2 Å². The van der Waals surface area contributed by atoms with Gasteiger partial charge in [-0.15, -0.1) is 0 Å². The molecule has 0 spiro atoms. The molecule has 2 N–H and O–H groups in total. The van der Waals surface area contributed by atoms with Crippen molar-refractivity contribution in [1.29, 1.82) is 0 Å². The smallest absolute Gasteiger partial charge is 0.243 e. The van der Waals surface area contributed by atoms with E-state index in [0.717, 1.165) is 28.6 Å². The first-order valence-corrected chi connectivity index (χ1v) is 14.4. The van der Waals surface area contributed by atoms with Gasteiger partial charge in [-0.1, -0.05) is 11.6 Å². The van der Waals surface area contributed by atoms with Gasteiger partial charge >= 0.3 is 0 Å². The maximum atomic E-state index is 13.1. The Balaban J connectivity index is 1.22. The van der Waals surface area contributed by atoms with Crippen LogP contribution in [0.5, 0.6) is 5.75 Å². The summed E-state index contributed by atoms with van der Waals surface area (Å²) in [4.78, 5) is 17.3. The van der Waals surface area contributed by atoms with E-state index in [1.165, 1.54) is 4.31 Å². The zero-order chi connectivity index (χ0) is 26.4. The SMILES string of the molecule is CCOc1ccc(S(=O)(=O)N2CCC(C(=O)NCCCNc3ccnc4cc(Cl)ccc34)CC2)cc1C. The lowest BCUT2D eigenvalue weighted by Gasteiger charge is -2.30. The number of aromatic nitrogens is 1. The largest absolute Gasteiger partial charge is 0.494 e. The van der Waals surface area contributed by atoms with Crippen molar-refractivity contribution in [2.75, 3.05) is 38.1 Å². The summed E-state index contributed by atoms with van der Waals surface area (Å²) in [6.07, 6.45) is 3.51. The Labute approximate surface area is 223 Å². The first kappa shape index (κ1) is 27.2. The van der Waals surface area contributed by atoms with Gasteiger partial charge in [0.05, 0.1) is 17.0 Å². The summed E-state index contributed by atoms with van der Waals surface area (Å²) < 4.78 is 33.2. The molecule has 1 fully saturated rings. The number of sulfonamides is 1. The molecule has 1 amide bonds. The molecule has 0 unspecified atom stereocenters. The molecular formula is C27H33ClN4O4S. The first-order valence-electron chi connectivity index (χ1n) is 12.6. The van der Waals surface area contributed by atoms with Crippen LogP contribution in [0.2, 0.25) is 5.02 Å². The van der Waals surface area contributed by atoms with E-state index < -0.39 is 10.0 Å². The van der Waals surface area contributed by atoms with E-state index in [1.807, 2.05) is 38.1 Å². The van der Waals surface area contributed by atoms with Crippen LogP contribution in [0.3, 0.4) is 0 Å². The van der Waals surface area contributed by atoms with Gasteiger partial charge in [0.15, 0.2) is 0 Å². The van der Waals surface area contributed by atoms with Crippen molar-refractivity contribution < 1.29 is 17.9 Å². The second kappa shape index (κ2) is 12.1. The third-order valence-corrected chi connectivity index (χ3v) is 8.71. The number of carbonyl (C=O) groups excluding carboxylic acids is 1. The fourth-order valence-corrected chi connectivity index (χ4v) is 6.27. The highest BCUT2D eigenvalue weighted by molar-refractivity contribution is 7.89. The minimum absolute atomic E-state index is 0.0158. The number of carbonyl (C=O) groups is 1. The van der Waals surface area contributed by atoms with Crippen molar-refractivity contribution in [3.63, 3.8) is 0 Å². The van der Waals surface area contributed by atoms with E-state index in [4.69, 9.17) is 16.3 Å². The van der Waals surface area contributed by atoms with Gasteiger partial charge in [-0.05, 0) is 81.1 Å². The molecule has 2 aromatic carbocycles. The number of halogens is 1. The standard InChI is InChI=1S/C27H33ClN4O4S/c1-3-36-26-8-6-22(17-19(26)2)37(34,35)32-15-10-20(11-16-32)27(33)31-13-4-12-29-24-9-14-30-25-18-21(28)5-7-23(24)25/h5-9,14,17-18,20H,3-4,10-13,15-16H2,1-2H3,(H,29,30)(H,31,33). The van der Waals surface area contributed by atoms with Crippen LogP contribution in [0.1, 0.15) is 31.7 Å². The van der Waals surface area contributed by atoms with Gasteiger partial charge in [-0.3, -0.25) is 9.78 Å². The van der Waals surface area contributed by atoms with Crippen LogP contribution < -0.4 is 15.4 Å². The Hall–Kier alpha value is -2.88. The zero-order valence-corrected chi connectivity index (χ0v) is 22.7. The van der Waals surface area contributed by atoms with Gasteiger partial charge in [0.25, 0.3) is 0 Å². The minimum Gasteiger partial charge on any atom is -0.494 e. The number of hydrogen-bond donors (Lipinski definition) is 2. The summed E-state index contributed by atoms with van der Waals surface area (Å²) in [7, 11) is -3.61. The van der Waals surface area contributed by atoms with Gasteiger partial charge in [0.1, 0.15) is 5.75 Å². The van der Waals surface area contributed by atoms with E-state index in [0.29, 0.717) is 56.4 Å². The van der Waals surface area contributed by atoms with E-state index in [2.05, 4.69) is 15.6 Å². The van der Waals surface area contributed by atoms with Crippen LogP contribution in [-0.2, 0) is 14.8 Å². The summed E-state index contributed by atoms with van der Waals surface area (Å²) in [5.74, 6) is 0.486. The van der Waals surface area contributed by atoms with Crippen molar-refractivity contribution in [2.45, 2.75) is 38.0 Å². The fraction of sp³-hybridized carbons (Fsp3) is 0.407. The van der Waals surface area contributed by atoms with Crippen molar-refractivity contribution in [1.82, 2.24) is 14.6 Å². The maximum absolute atomic E-state index is 13.1. The number of anilines is 1. The van der Waals surface area contributed by atoms with E-state index in [1.54, 1.807) is 24.4 Å². The molecule has 198 valence electrons. The lowest BCUT2D eigenvalue weighted by atomic mass is 9.97. The number of nitrogens with zero attached hydrogens (tertiary/aromatic N) is 2. The molecule has 3 aromatic rings. The minimum atomic E-state index is -3.61. The molecule has 10 heteroatoms.